The summed E-state index contributed by atoms with van der Waals surface area (Å²) in [7, 11) is 0. The van der Waals surface area contributed by atoms with Crippen LogP contribution in [0.1, 0.15) is 5.56 Å². The van der Waals surface area contributed by atoms with Gasteiger partial charge in [0.25, 0.3) is 0 Å². The summed E-state index contributed by atoms with van der Waals surface area (Å²) in [6.07, 6.45) is 0. The third kappa shape index (κ3) is 1.61. The van der Waals surface area contributed by atoms with Gasteiger partial charge in [0.2, 0.25) is 0 Å². The quantitative estimate of drug-likeness (QED) is 0.516. The van der Waals surface area contributed by atoms with Gasteiger partial charge in [0.1, 0.15) is 0 Å². The molecule has 3 rings (SSSR count). The third-order valence-electron chi connectivity index (χ3n) is 2.95. The lowest BCUT2D eigenvalue weighted by Crippen LogP contribution is -2.11. The van der Waals surface area contributed by atoms with E-state index in [9.17, 15) is 4.79 Å². The Morgan fingerprint density at radius 3 is 2.76 bits per heavy atom. The van der Waals surface area contributed by atoms with Crippen LogP contribution in [0.4, 0.5) is 0 Å². The topological polar surface area (TPSA) is 32.9 Å². The smallest absolute Gasteiger partial charge is 0.192 e. The molecule has 0 aromatic heterocycles. The lowest BCUT2D eigenvalue weighted by Gasteiger charge is -2.08. The number of halogens is 1. The Kier molecular flexibility index (Phi) is 2.37. The van der Waals surface area contributed by atoms with Gasteiger partial charge >= 0.3 is 0 Å². The standard InChI is InChI=1S/C14H10ClNO/c15-8-10-5-6-13-11(14(10)17)7-9-3-1-2-4-12(9)16-13/h1-7,16H,8H2. The number of hydrogen-bond donors (Lipinski definition) is 1. The summed E-state index contributed by atoms with van der Waals surface area (Å²) in [6.45, 7) is 0. The molecule has 1 aromatic carbocycles. The predicted octanol–water partition coefficient (Wildman–Crippen LogP) is 3.37. The first kappa shape index (κ1) is 10.4. The van der Waals surface area contributed by atoms with Crippen molar-refractivity contribution in [2.45, 2.75) is 5.88 Å². The van der Waals surface area contributed by atoms with E-state index in [1.807, 2.05) is 36.4 Å². The van der Waals surface area contributed by atoms with Crippen LogP contribution in [0.5, 0.6) is 0 Å². The van der Waals surface area contributed by atoms with Crippen LogP contribution in [-0.2, 0) is 5.88 Å². The van der Waals surface area contributed by atoms with Crippen molar-refractivity contribution in [2.24, 2.45) is 0 Å². The van der Waals surface area contributed by atoms with E-state index < -0.39 is 0 Å². The molecule has 1 aliphatic carbocycles. The minimum Gasteiger partial charge on any atom is -0.354 e. The molecule has 2 nitrogen and oxygen atoms in total. The van der Waals surface area contributed by atoms with Gasteiger partial charge in [-0.3, -0.25) is 4.79 Å². The zero-order chi connectivity index (χ0) is 11.8. The Labute approximate surface area is 103 Å². The van der Waals surface area contributed by atoms with Gasteiger partial charge in [0.15, 0.2) is 5.43 Å². The zero-order valence-electron chi connectivity index (χ0n) is 9.03. The van der Waals surface area contributed by atoms with E-state index in [4.69, 9.17) is 11.6 Å². The molecule has 1 aliphatic heterocycles. The van der Waals surface area contributed by atoms with Crippen molar-refractivity contribution in [2.75, 3.05) is 0 Å². The molecular formula is C14H10ClNO. The predicted molar refractivity (Wildman–Crippen MR) is 70.7 cm³/mol. The molecular weight excluding hydrogens is 234 g/mol. The fraction of sp³-hybridized carbons (Fsp3) is 0.0714. The molecule has 3 heteroatoms. The summed E-state index contributed by atoms with van der Waals surface area (Å²) in [4.78, 5) is 15.4. The lowest BCUT2D eigenvalue weighted by atomic mass is 10.0. The van der Waals surface area contributed by atoms with Crippen molar-refractivity contribution in [1.29, 1.82) is 0 Å². The monoisotopic (exact) mass is 243 g/mol. The number of aromatic nitrogens is 1. The maximum absolute atomic E-state index is 12.1. The van der Waals surface area contributed by atoms with Gasteiger partial charge in [-0.1, -0.05) is 24.3 Å². The average molecular weight is 244 g/mol. The van der Waals surface area contributed by atoms with Crippen LogP contribution in [-0.4, -0.2) is 4.98 Å². The van der Waals surface area contributed by atoms with Crippen molar-refractivity contribution in [1.82, 2.24) is 4.98 Å². The molecule has 17 heavy (non-hydrogen) atoms. The van der Waals surface area contributed by atoms with Gasteiger partial charge in [-0.15, -0.1) is 11.6 Å². The van der Waals surface area contributed by atoms with Crippen LogP contribution in [0.15, 0.2) is 47.3 Å². The van der Waals surface area contributed by atoms with E-state index in [-0.39, 0.29) is 11.3 Å². The summed E-state index contributed by atoms with van der Waals surface area (Å²) in [6, 6.07) is 13.5. The first-order chi connectivity index (χ1) is 8.29. The van der Waals surface area contributed by atoms with Crippen LogP contribution in [0, 0.1) is 0 Å². The second-order valence-corrected chi connectivity index (χ2v) is 4.27. The number of alkyl halides is 1. The molecule has 0 unspecified atom stereocenters. The van der Waals surface area contributed by atoms with Crippen molar-refractivity contribution in [3.05, 3.63) is 58.3 Å². The molecule has 0 fully saturated rings. The molecule has 0 saturated heterocycles. The van der Waals surface area contributed by atoms with Gasteiger partial charge in [-0.2, -0.15) is 0 Å². The third-order valence-corrected chi connectivity index (χ3v) is 3.24. The number of rotatable bonds is 1. The average Bonchev–Trinajstić information content (AvgIpc) is 2.37. The van der Waals surface area contributed by atoms with E-state index in [1.54, 1.807) is 6.07 Å². The number of H-pyrrole nitrogens is 1. The van der Waals surface area contributed by atoms with Crippen LogP contribution in [0.2, 0.25) is 0 Å². The highest BCUT2D eigenvalue weighted by Crippen LogP contribution is 2.22. The highest BCUT2D eigenvalue weighted by atomic mass is 35.5. The minimum absolute atomic E-state index is 0.0134. The van der Waals surface area contributed by atoms with Crippen LogP contribution < -0.4 is 5.43 Å². The number of hydrogen-bond acceptors (Lipinski definition) is 1. The fourth-order valence-electron chi connectivity index (χ4n) is 2.04. The number of pyridine rings is 1. The number of aromatic amines is 1. The fourth-order valence-corrected chi connectivity index (χ4v) is 2.25. The minimum atomic E-state index is 0.0134. The number of fused-ring (bicyclic) bond motifs is 2. The van der Waals surface area contributed by atoms with Gasteiger partial charge < -0.3 is 4.98 Å². The summed E-state index contributed by atoms with van der Waals surface area (Å²) < 4.78 is 0. The van der Waals surface area contributed by atoms with E-state index in [0.29, 0.717) is 11.1 Å². The molecule has 0 amide bonds. The van der Waals surface area contributed by atoms with Gasteiger partial charge in [-0.25, -0.2) is 0 Å². The molecule has 0 saturated carbocycles. The molecule has 1 N–H and O–H groups in total. The van der Waals surface area contributed by atoms with E-state index in [1.165, 1.54) is 0 Å². The number of nitrogens with one attached hydrogen (secondary N) is 1. The Morgan fingerprint density at radius 2 is 1.94 bits per heavy atom. The first-order valence-electron chi connectivity index (χ1n) is 5.39. The molecule has 0 atom stereocenters. The normalized spacial score (nSPS) is 11.1. The maximum atomic E-state index is 12.1. The molecule has 0 radical (unpaired) electrons. The second-order valence-electron chi connectivity index (χ2n) is 4.01. The molecule has 1 aromatic rings. The number of benzene rings is 2. The van der Waals surface area contributed by atoms with Crippen molar-refractivity contribution in [3.8, 4) is 11.3 Å². The molecule has 2 aliphatic rings. The Balaban J connectivity index is 2.45. The SMILES string of the molecule is O=c1c(CCl)ccc2[nH]c3ccccc3cc1-2. The van der Waals surface area contributed by atoms with Crippen molar-refractivity contribution >= 4 is 22.5 Å². The maximum Gasteiger partial charge on any atom is 0.192 e. The van der Waals surface area contributed by atoms with Crippen LogP contribution in [0.3, 0.4) is 0 Å². The van der Waals surface area contributed by atoms with Crippen LogP contribution >= 0.6 is 11.6 Å². The van der Waals surface area contributed by atoms with Gasteiger partial charge in [0, 0.05) is 22.3 Å². The largest absolute Gasteiger partial charge is 0.354 e. The summed E-state index contributed by atoms with van der Waals surface area (Å²) in [5, 5.41) is 1.03. The summed E-state index contributed by atoms with van der Waals surface area (Å²) in [5.41, 5.74) is 3.23. The van der Waals surface area contributed by atoms with Crippen molar-refractivity contribution < 1.29 is 0 Å². The Morgan fingerprint density at radius 1 is 1.12 bits per heavy atom. The highest BCUT2D eigenvalue weighted by molar-refractivity contribution is 6.17. The Bertz CT molecular complexity index is 717. The Hall–Kier alpha value is -1.80. The molecule has 1 heterocycles. The zero-order valence-corrected chi connectivity index (χ0v) is 9.79. The second kappa shape index (κ2) is 3.90. The summed E-state index contributed by atoms with van der Waals surface area (Å²) >= 11 is 5.74. The first-order valence-corrected chi connectivity index (χ1v) is 5.92. The van der Waals surface area contributed by atoms with Gasteiger partial charge in [0.05, 0.1) is 5.88 Å². The lowest BCUT2D eigenvalue weighted by molar-refractivity contribution is 1.29. The summed E-state index contributed by atoms with van der Waals surface area (Å²) in [5.74, 6) is 0.252. The van der Waals surface area contributed by atoms with E-state index >= 15 is 0 Å². The van der Waals surface area contributed by atoms with Crippen LogP contribution in [0.25, 0.3) is 22.2 Å². The molecule has 0 spiro atoms. The number of para-hydroxylation sites is 1. The van der Waals surface area contributed by atoms with Gasteiger partial charge in [-0.05, 0) is 23.6 Å². The highest BCUT2D eigenvalue weighted by Gasteiger charge is 2.10. The van der Waals surface area contributed by atoms with E-state index in [2.05, 4.69) is 4.98 Å². The molecule has 84 valence electrons. The van der Waals surface area contributed by atoms with Crippen molar-refractivity contribution in [3.63, 3.8) is 0 Å². The molecule has 0 bridgehead atoms. The van der Waals surface area contributed by atoms with E-state index in [0.717, 1.165) is 16.6 Å².